The van der Waals surface area contributed by atoms with Gasteiger partial charge in [0, 0.05) is 43.9 Å². The molecule has 8 heteroatoms. The van der Waals surface area contributed by atoms with Gasteiger partial charge in [0.25, 0.3) is 5.69 Å². The van der Waals surface area contributed by atoms with Gasteiger partial charge in [-0.05, 0) is 30.7 Å². The first-order valence-corrected chi connectivity index (χ1v) is 8.26. The van der Waals surface area contributed by atoms with Crippen molar-refractivity contribution in [1.29, 1.82) is 0 Å². The second kappa shape index (κ2) is 8.00. The van der Waals surface area contributed by atoms with Gasteiger partial charge in [-0.3, -0.25) is 15.0 Å². The van der Waals surface area contributed by atoms with E-state index in [0.717, 1.165) is 56.3 Å². The number of morpholine rings is 1. The van der Waals surface area contributed by atoms with Crippen molar-refractivity contribution < 1.29 is 9.66 Å². The Hall–Kier alpha value is -2.58. The fraction of sp³-hybridized carbons (Fsp3) is 0.412. The van der Waals surface area contributed by atoms with Gasteiger partial charge >= 0.3 is 0 Å². The van der Waals surface area contributed by atoms with Crippen LogP contribution >= 0.6 is 0 Å². The Kier molecular flexibility index (Phi) is 5.52. The standard InChI is InChI=1S/C17H21N5O3/c1-13-12-16(14-2-4-15(5-3-14)22(23)24)19-20-17(13)18-6-7-21-8-10-25-11-9-21/h2-5,12H,6-11H2,1H3,(H,18,20). The number of hydrogen-bond donors (Lipinski definition) is 1. The second-order valence-electron chi connectivity index (χ2n) is 5.95. The van der Waals surface area contributed by atoms with Gasteiger partial charge in [0.05, 0.1) is 23.8 Å². The Balaban J connectivity index is 1.61. The molecule has 1 aliphatic heterocycles. The van der Waals surface area contributed by atoms with Crippen molar-refractivity contribution in [2.45, 2.75) is 6.92 Å². The van der Waals surface area contributed by atoms with Gasteiger partial charge in [-0.25, -0.2) is 0 Å². The number of rotatable bonds is 6. The van der Waals surface area contributed by atoms with Crippen LogP contribution in [0.1, 0.15) is 5.56 Å². The molecule has 0 aliphatic carbocycles. The van der Waals surface area contributed by atoms with E-state index in [1.165, 1.54) is 12.1 Å². The molecule has 0 saturated carbocycles. The zero-order valence-electron chi connectivity index (χ0n) is 14.1. The largest absolute Gasteiger partial charge is 0.379 e. The minimum Gasteiger partial charge on any atom is -0.379 e. The fourth-order valence-corrected chi connectivity index (χ4v) is 2.71. The van der Waals surface area contributed by atoms with E-state index >= 15 is 0 Å². The molecule has 1 fully saturated rings. The molecular weight excluding hydrogens is 322 g/mol. The molecule has 2 aromatic rings. The highest BCUT2D eigenvalue weighted by molar-refractivity contribution is 5.63. The first kappa shape index (κ1) is 17.2. The molecule has 1 aromatic carbocycles. The van der Waals surface area contributed by atoms with E-state index in [0.29, 0.717) is 5.69 Å². The van der Waals surface area contributed by atoms with Crippen molar-refractivity contribution >= 4 is 11.5 Å². The van der Waals surface area contributed by atoms with Gasteiger partial charge in [-0.2, -0.15) is 0 Å². The number of benzene rings is 1. The topological polar surface area (TPSA) is 93.4 Å². The van der Waals surface area contributed by atoms with Crippen molar-refractivity contribution in [1.82, 2.24) is 15.1 Å². The maximum Gasteiger partial charge on any atom is 0.269 e. The highest BCUT2D eigenvalue weighted by Gasteiger charge is 2.11. The van der Waals surface area contributed by atoms with Crippen LogP contribution in [0.15, 0.2) is 30.3 Å². The number of aromatic nitrogens is 2. The van der Waals surface area contributed by atoms with Crippen LogP contribution in [0.2, 0.25) is 0 Å². The summed E-state index contributed by atoms with van der Waals surface area (Å²) in [6, 6.07) is 8.26. The molecule has 1 N–H and O–H groups in total. The predicted octanol–water partition coefficient (Wildman–Crippen LogP) is 2.10. The Morgan fingerprint density at radius 1 is 1.24 bits per heavy atom. The number of nitro benzene ring substituents is 1. The smallest absolute Gasteiger partial charge is 0.269 e. The monoisotopic (exact) mass is 343 g/mol. The van der Waals surface area contributed by atoms with E-state index in [4.69, 9.17) is 4.74 Å². The van der Waals surface area contributed by atoms with Crippen LogP contribution in [0.4, 0.5) is 11.5 Å². The average Bonchev–Trinajstić information content (AvgIpc) is 2.64. The SMILES string of the molecule is Cc1cc(-c2ccc([N+](=O)[O-])cc2)nnc1NCCN1CCOCC1. The third-order valence-electron chi connectivity index (χ3n) is 4.18. The molecule has 1 saturated heterocycles. The van der Waals surface area contributed by atoms with Crippen LogP contribution < -0.4 is 5.32 Å². The average molecular weight is 343 g/mol. The third-order valence-corrected chi connectivity index (χ3v) is 4.18. The Bertz CT molecular complexity index is 730. The summed E-state index contributed by atoms with van der Waals surface area (Å²) in [5.41, 5.74) is 2.56. The van der Waals surface area contributed by atoms with Crippen LogP contribution in [0.5, 0.6) is 0 Å². The third kappa shape index (κ3) is 4.49. The summed E-state index contributed by atoms with van der Waals surface area (Å²) >= 11 is 0. The molecule has 1 aliphatic rings. The zero-order valence-corrected chi connectivity index (χ0v) is 14.1. The number of nitrogens with zero attached hydrogens (tertiary/aromatic N) is 4. The van der Waals surface area contributed by atoms with Gasteiger partial charge in [-0.15, -0.1) is 10.2 Å². The van der Waals surface area contributed by atoms with Gasteiger partial charge < -0.3 is 10.1 Å². The lowest BCUT2D eigenvalue weighted by atomic mass is 10.1. The highest BCUT2D eigenvalue weighted by atomic mass is 16.6. The predicted molar refractivity (Wildman–Crippen MR) is 94.6 cm³/mol. The van der Waals surface area contributed by atoms with Crippen molar-refractivity contribution in [3.05, 3.63) is 46.0 Å². The molecule has 0 atom stereocenters. The van der Waals surface area contributed by atoms with Gasteiger partial charge in [0.15, 0.2) is 5.82 Å². The number of aryl methyl sites for hydroxylation is 1. The molecule has 8 nitrogen and oxygen atoms in total. The second-order valence-corrected chi connectivity index (χ2v) is 5.95. The first-order valence-electron chi connectivity index (χ1n) is 8.26. The molecule has 1 aromatic heterocycles. The summed E-state index contributed by atoms with van der Waals surface area (Å²) in [6.45, 7) is 7.23. The molecule has 25 heavy (non-hydrogen) atoms. The minimum absolute atomic E-state index is 0.0647. The number of nitrogens with one attached hydrogen (secondary N) is 1. The maximum atomic E-state index is 10.7. The van der Waals surface area contributed by atoms with Crippen molar-refractivity contribution in [3.63, 3.8) is 0 Å². The Morgan fingerprint density at radius 2 is 1.96 bits per heavy atom. The molecule has 0 amide bonds. The number of hydrogen-bond acceptors (Lipinski definition) is 7. The summed E-state index contributed by atoms with van der Waals surface area (Å²) in [4.78, 5) is 12.7. The minimum atomic E-state index is -0.414. The number of nitro groups is 1. The summed E-state index contributed by atoms with van der Waals surface area (Å²) in [6.07, 6.45) is 0. The van der Waals surface area contributed by atoms with Crippen LogP contribution in [-0.4, -0.2) is 59.4 Å². The normalized spacial score (nSPS) is 15.1. The van der Waals surface area contributed by atoms with Gasteiger partial charge in [-0.1, -0.05) is 0 Å². The molecule has 0 unspecified atom stereocenters. The molecule has 2 heterocycles. The molecule has 132 valence electrons. The zero-order chi connectivity index (χ0) is 17.6. The quantitative estimate of drug-likeness (QED) is 0.634. The lowest BCUT2D eigenvalue weighted by Gasteiger charge is -2.26. The van der Waals surface area contributed by atoms with E-state index < -0.39 is 4.92 Å². The Labute approximate surface area is 146 Å². The molecule has 0 bridgehead atoms. The maximum absolute atomic E-state index is 10.7. The van der Waals surface area contributed by atoms with Crippen LogP contribution in [0.3, 0.4) is 0 Å². The van der Waals surface area contributed by atoms with Crippen LogP contribution in [-0.2, 0) is 4.74 Å². The first-order chi connectivity index (χ1) is 12.1. The molecule has 0 spiro atoms. The van der Waals surface area contributed by atoms with Crippen molar-refractivity contribution in [2.24, 2.45) is 0 Å². The van der Waals surface area contributed by atoms with E-state index in [1.807, 2.05) is 13.0 Å². The molecule has 3 rings (SSSR count). The lowest BCUT2D eigenvalue weighted by molar-refractivity contribution is -0.384. The van der Waals surface area contributed by atoms with Crippen molar-refractivity contribution in [2.75, 3.05) is 44.7 Å². The fourth-order valence-electron chi connectivity index (χ4n) is 2.71. The number of non-ortho nitro benzene ring substituents is 1. The summed E-state index contributed by atoms with van der Waals surface area (Å²) in [5.74, 6) is 0.763. The van der Waals surface area contributed by atoms with Crippen LogP contribution in [0, 0.1) is 17.0 Å². The summed E-state index contributed by atoms with van der Waals surface area (Å²) < 4.78 is 5.34. The van der Waals surface area contributed by atoms with Gasteiger partial charge in [0.2, 0.25) is 0 Å². The highest BCUT2D eigenvalue weighted by Crippen LogP contribution is 2.22. The number of anilines is 1. The van der Waals surface area contributed by atoms with E-state index in [9.17, 15) is 10.1 Å². The summed E-state index contributed by atoms with van der Waals surface area (Å²) in [7, 11) is 0. The molecule has 0 radical (unpaired) electrons. The lowest BCUT2D eigenvalue weighted by Crippen LogP contribution is -2.39. The van der Waals surface area contributed by atoms with Crippen molar-refractivity contribution in [3.8, 4) is 11.3 Å². The Morgan fingerprint density at radius 3 is 2.60 bits per heavy atom. The number of ether oxygens (including phenoxy) is 1. The van der Waals surface area contributed by atoms with Gasteiger partial charge in [0.1, 0.15) is 0 Å². The summed E-state index contributed by atoms with van der Waals surface area (Å²) in [5, 5.41) is 22.5. The molecular formula is C17H21N5O3. The van der Waals surface area contributed by atoms with Crippen LogP contribution in [0.25, 0.3) is 11.3 Å². The van der Waals surface area contributed by atoms with E-state index in [1.54, 1.807) is 12.1 Å². The van der Waals surface area contributed by atoms with E-state index in [2.05, 4.69) is 20.4 Å². The van der Waals surface area contributed by atoms with E-state index in [-0.39, 0.29) is 5.69 Å².